The Balaban J connectivity index is 1.53. The summed E-state index contributed by atoms with van der Waals surface area (Å²) in [5, 5.41) is 4.07. The molecule has 0 unspecified atom stereocenters. The molecule has 0 atom stereocenters. The van der Waals surface area contributed by atoms with E-state index in [4.69, 9.17) is 16.3 Å². The van der Waals surface area contributed by atoms with Crippen LogP contribution in [0.1, 0.15) is 23.7 Å². The molecule has 0 saturated heterocycles. The summed E-state index contributed by atoms with van der Waals surface area (Å²) in [5.74, 6) is -0.330. The van der Waals surface area contributed by atoms with E-state index in [9.17, 15) is 9.59 Å². The molecule has 1 aromatic heterocycles. The molecule has 0 spiro atoms. The summed E-state index contributed by atoms with van der Waals surface area (Å²) in [6.45, 7) is 2.33. The number of aromatic nitrogens is 2. The number of H-pyrrole nitrogens is 1. The van der Waals surface area contributed by atoms with Gasteiger partial charge in [-0.3, -0.25) is 4.79 Å². The van der Waals surface area contributed by atoms with Crippen LogP contribution in [0.2, 0.25) is 5.02 Å². The predicted molar refractivity (Wildman–Crippen MR) is 107 cm³/mol. The topological polar surface area (TPSA) is 84.1 Å². The van der Waals surface area contributed by atoms with Crippen LogP contribution in [0.4, 0.5) is 5.69 Å². The monoisotopic (exact) mass is 403 g/mol. The van der Waals surface area contributed by atoms with Crippen molar-refractivity contribution in [2.75, 3.05) is 17.7 Å². The molecule has 2 aromatic carbocycles. The van der Waals surface area contributed by atoms with Gasteiger partial charge in [-0.1, -0.05) is 30.3 Å². The van der Waals surface area contributed by atoms with Crippen molar-refractivity contribution < 1.29 is 14.3 Å². The zero-order valence-electron chi connectivity index (χ0n) is 14.6. The first-order valence-electron chi connectivity index (χ1n) is 8.40. The minimum Gasteiger partial charge on any atom is -0.462 e. The number of benzene rings is 2. The number of fused-ring (bicyclic) bond motifs is 1. The maximum Gasteiger partial charge on any atom is 0.338 e. The second-order valence-electron chi connectivity index (χ2n) is 5.75. The number of imidazole rings is 1. The van der Waals surface area contributed by atoms with Gasteiger partial charge in [-0.25, -0.2) is 9.78 Å². The lowest BCUT2D eigenvalue weighted by Gasteiger charge is -2.06. The largest absolute Gasteiger partial charge is 0.462 e. The van der Waals surface area contributed by atoms with Crippen molar-refractivity contribution in [1.29, 1.82) is 0 Å². The Bertz CT molecular complexity index is 956. The fourth-order valence-electron chi connectivity index (χ4n) is 2.33. The maximum atomic E-state index is 12.1. The molecule has 0 radical (unpaired) electrons. The molecule has 140 valence electrons. The predicted octanol–water partition coefficient (Wildman–Crippen LogP) is 4.51. The van der Waals surface area contributed by atoms with Gasteiger partial charge in [-0.2, -0.15) is 0 Å². The van der Waals surface area contributed by atoms with Gasteiger partial charge in [0.1, 0.15) is 0 Å². The number of carbonyl (C=O) groups excluding carboxylic acids is 2. The molecule has 0 aliphatic heterocycles. The van der Waals surface area contributed by atoms with Crippen molar-refractivity contribution in [1.82, 2.24) is 9.97 Å². The highest BCUT2D eigenvalue weighted by Crippen LogP contribution is 2.22. The summed E-state index contributed by atoms with van der Waals surface area (Å²) in [6.07, 6.45) is 0.774. The van der Waals surface area contributed by atoms with Crippen molar-refractivity contribution in [3.63, 3.8) is 0 Å². The normalized spacial score (nSPS) is 10.7. The first-order valence-corrected chi connectivity index (χ1v) is 9.76. The number of rotatable bonds is 7. The number of anilines is 1. The van der Waals surface area contributed by atoms with E-state index >= 15 is 0 Å². The van der Waals surface area contributed by atoms with E-state index in [0.29, 0.717) is 28.0 Å². The lowest BCUT2D eigenvalue weighted by molar-refractivity contribution is -0.113. The van der Waals surface area contributed by atoms with E-state index in [-0.39, 0.29) is 17.6 Å². The number of hydrogen-bond donors (Lipinski definition) is 2. The number of esters is 1. The van der Waals surface area contributed by atoms with E-state index < -0.39 is 0 Å². The zero-order chi connectivity index (χ0) is 19.2. The number of amides is 1. The highest BCUT2D eigenvalue weighted by atomic mass is 35.5. The molecule has 3 rings (SSSR count). The number of nitrogens with zero attached hydrogens (tertiary/aromatic N) is 1. The van der Waals surface area contributed by atoms with Crippen molar-refractivity contribution in [3.05, 3.63) is 53.1 Å². The Kier molecular flexibility index (Phi) is 6.36. The second-order valence-corrected chi connectivity index (χ2v) is 7.15. The van der Waals surface area contributed by atoms with E-state index in [1.165, 1.54) is 11.8 Å². The summed E-state index contributed by atoms with van der Waals surface area (Å²) in [5.41, 5.74) is 2.70. The Morgan fingerprint density at radius 2 is 2.00 bits per heavy atom. The molecule has 27 heavy (non-hydrogen) atoms. The lowest BCUT2D eigenvalue weighted by Crippen LogP contribution is -2.14. The van der Waals surface area contributed by atoms with Crippen LogP contribution in [-0.4, -0.2) is 34.2 Å². The Morgan fingerprint density at radius 3 is 2.74 bits per heavy atom. The highest BCUT2D eigenvalue weighted by molar-refractivity contribution is 7.99. The quantitative estimate of drug-likeness (QED) is 0.447. The molecule has 6 nitrogen and oxygen atoms in total. The number of carbonyl (C=O) groups is 2. The van der Waals surface area contributed by atoms with Crippen molar-refractivity contribution >= 4 is 52.0 Å². The lowest BCUT2D eigenvalue weighted by atomic mass is 10.2. The third kappa shape index (κ3) is 5.24. The molecule has 3 aromatic rings. The molecular weight excluding hydrogens is 386 g/mol. The second kappa shape index (κ2) is 8.92. The van der Waals surface area contributed by atoms with E-state index in [1.54, 1.807) is 36.4 Å². The number of nitrogens with one attached hydrogen (secondary N) is 2. The van der Waals surface area contributed by atoms with Gasteiger partial charge in [0.05, 0.1) is 29.0 Å². The SMILES string of the molecule is CCCOC(=O)c1ccc(NC(=O)CSc2nc3ccc(Cl)cc3[nH]2)cc1. The number of ether oxygens (including phenoxy) is 1. The van der Waals surface area contributed by atoms with E-state index in [0.717, 1.165) is 17.5 Å². The standard InChI is InChI=1S/C19H18ClN3O3S/c1-2-9-26-18(25)12-3-6-14(7-4-12)21-17(24)11-27-19-22-15-8-5-13(20)10-16(15)23-19/h3-8,10H,2,9,11H2,1H3,(H,21,24)(H,22,23). The summed E-state index contributed by atoms with van der Waals surface area (Å²) in [4.78, 5) is 31.4. The van der Waals surface area contributed by atoms with Gasteiger partial charge in [-0.05, 0) is 48.9 Å². The van der Waals surface area contributed by atoms with Gasteiger partial charge in [0.2, 0.25) is 5.91 Å². The van der Waals surface area contributed by atoms with Crippen molar-refractivity contribution in [2.24, 2.45) is 0 Å². The first-order chi connectivity index (χ1) is 13.0. The molecule has 2 N–H and O–H groups in total. The van der Waals surface area contributed by atoms with E-state index in [2.05, 4.69) is 15.3 Å². The third-order valence-electron chi connectivity index (χ3n) is 3.60. The Labute approximate surface area is 165 Å². The Hall–Kier alpha value is -2.51. The molecule has 0 aliphatic rings. The van der Waals surface area contributed by atoms with Crippen LogP contribution in [-0.2, 0) is 9.53 Å². The van der Waals surface area contributed by atoms with Crippen LogP contribution < -0.4 is 5.32 Å². The van der Waals surface area contributed by atoms with Crippen LogP contribution in [0.25, 0.3) is 11.0 Å². The van der Waals surface area contributed by atoms with Gasteiger partial charge in [0, 0.05) is 10.7 Å². The van der Waals surface area contributed by atoms with Crippen molar-refractivity contribution in [2.45, 2.75) is 18.5 Å². The molecule has 0 bridgehead atoms. The van der Waals surface area contributed by atoms with Crippen LogP contribution in [0.3, 0.4) is 0 Å². The fraction of sp³-hybridized carbons (Fsp3) is 0.211. The number of thioether (sulfide) groups is 1. The number of aromatic amines is 1. The summed E-state index contributed by atoms with van der Waals surface area (Å²) in [6, 6.07) is 12.0. The maximum absolute atomic E-state index is 12.1. The number of halogens is 1. The molecule has 0 saturated carbocycles. The molecule has 0 fully saturated rings. The fourth-order valence-corrected chi connectivity index (χ4v) is 3.18. The molecule has 1 amide bonds. The van der Waals surface area contributed by atoms with Gasteiger partial charge in [0.15, 0.2) is 5.16 Å². The van der Waals surface area contributed by atoms with E-state index in [1.807, 2.05) is 13.0 Å². The average Bonchev–Trinajstić information content (AvgIpc) is 3.07. The summed E-state index contributed by atoms with van der Waals surface area (Å²) in [7, 11) is 0. The van der Waals surface area contributed by atoms with Gasteiger partial charge in [0.25, 0.3) is 0 Å². The van der Waals surface area contributed by atoms with Gasteiger partial charge in [-0.15, -0.1) is 0 Å². The third-order valence-corrected chi connectivity index (χ3v) is 4.71. The molecular formula is C19H18ClN3O3S. The molecule has 1 heterocycles. The first kappa shape index (κ1) is 19.3. The van der Waals surface area contributed by atoms with Crippen LogP contribution in [0.5, 0.6) is 0 Å². The molecule has 0 aliphatic carbocycles. The highest BCUT2D eigenvalue weighted by Gasteiger charge is 2.10. The average molecular weight is 404 g/mol. The zero-order valence-corrected chi connectivity index (χ0v) is 16.2. The van der Waals surface area contributed by atoms with Crippen LogP contribution in [0.15, 0.2) is 47.6 Å². The van der Waals surface area contributed by atoms with Crippen LogP contribution in [0, 0.1) is 0 Å². The smallest absolute Gasteiger partial charge is 0.338 e. The Morgan fingerprint density at radius 1 is 1.22 bits per heavy atom. The number of hydrogen-bond acceptors (Lipinski definition) is 5. The summed E-state index contributed by atoms with van der Waals surface area (Å²) < 4.78 is 5.07. The van der Waals surface area contributed by atoms with Gasteiger partial charge >= 0.3 is 5.97 Å². The van der Waals surface area contributed by atoms with Crippen molar-refractivity contribution in [3.8, 4) is 0 Å². The molecule has 8 heteroatoms. The minimum absolute atomic E-state index is 0.167. The minimum atomic E-state index is -0.365. The summed E-state index contributed by atoms with van der Waals surface area (Å²) >= 11 is 7.25. The van der Waals surface area contributed by atoms with Gasteiger partial charge < -0.3 is 15.0 Å². The van der Waals surface area contributed by atoms with Crippen LogP contribution >= 0.6 is 23.4 Å².